The first-order valence-electron chi connectivity index (χ1n) is 7.31. The molecule has 1 amide bonds. The first kappa shape index (κ1) is 15.3. The van der Waals surface area contributed by atoms with Gasteiger partial charge in [-0.2, -0.15) is 0 Å². The molecule has 21 heavy (non-hydrogen) atoms. The van der Waals surface area contributed by atoms with Crippen molar-refractivity contribution in [1.29, 1.82) is 0 Å². The van der Waals surface area contributed by atoms with Gasteiger partial charge in [0.05, 0.1) is 6.42 Å². The molecule has 0 radical (unpaired) electrons. The van der Waals surface area contributed by atoms with Crippen LogP contribution in [0.2, 0.25) is 0 Å². The molecule has 0 atom stereocenters. The van der Waals surface area contributed by atoms with Crippen LogP contribution in [-0.4, -0.2) is 5.91 Å². The van der Waals surface area contributed by atoms with E-state index in [2.05, 4.69) is 51.2 Å². The van der Waals surface area contributed by atoms with Gasteiger partial charge < -0.3 is 5.32 Å². The van der Waals surface area contributed by atoms with E-state index in [1.54, 1.807) is 0 Å². The van der Waals surface area contributed by atoms with Gasteiger partial charge in [0.1, 0.15) is 0 Å². The summed E-state index contributed by atoms with van der Waals surface area (Å²) in [7, 11) is 0. The highest BCUT2D eigenvalue weighted by Gasteiger charge is 2.11. The Morgan fingerprint density at radius 3 is 2.19 bits per heavy atom. The number of nitrogens with one attached hydrogen (secondary N) is 1. The van der Waals surface area contributed by atoms with E-state index >= 15 is 0 Å². The molecule has 0 aliphatic rings. The van der Waals surface area contributed by atoms with Gasteiger partial charge in [-0.1, -0.05) is 29.8 Å². The second-order valence-corrected chi connectivity index (χ2v) is 5.85. The molecule has 0 aromatic heterocycles. The Kier molecular flexibility index (Phi) is 4.46. The second-order valence-electron chi connectivity index (χ2n) is 5.85. The summed E-state index contributed by atoms with van der Waals surface area (Å²) in [6.45, 7) is 10.3. The zero-order valence-corrected chi connectivity index (χ0v) is 13.5. The number of carbonyl (C=O) groups excluding carboxylic acids is 1. The molecule has 2 aromatic carbocycles. The molecule has 0 heterocycles. The van der Waals surface area contributed by atoms with Gasteiger partial charge in [0.15, 0.2) is 0 Å². The first-order chi connectivity index (χ1) is 9.88. The fourth-order valence-electron chi connectivity index (χ4n) is 2.73. The molecule has 2 rings (SSSR count). The van der Waals surface area contributed by atoms with Crippen LogP contribution in [0.15, 0.2) is 30.3 Å². The molecule has 0 aliphatic heterocycles. The Hall–Kier alpha value is -2.09. The molecule has 0 aliphatic carbocycles. The number of anilines is 1. The van der Waals surface area contributed by atoms with Crippen LogP contribution in [-0.2, 0) is 11.2 Å². The molecule has 2 nitrogen and oxygen atoms in total. The first-order valence-corrected chi connectivity index (χ1v) is 7.31. The van der Waals surface area contributed by atoms with E-state index in [4.69, 9.17) is 0 Å². The van der Waals surface area contributed by atoms with E-state index in [0.29, 0.717) is 6.42 Å². The third-order valence-corrected chi connectivity index (χ3v) is 4.06. The van der Waals surface area contributed by atoms with Crippen molar-refractivity contribution in [3.63, 3.8) is 0 Å². The van der Waals surface area contributed by atoms with Crippen LogP contribution in [0.3, 0.4) is 0 Å². The van der Waals surface area contributed by atoms with Crippen LogP contribution >= 0.6 is 0 Å². The van der Waals surface area contributed by atoms with Crippen molar-refractivity contribution in [3.8, 4) is 0 Å². The largest absolute Gasteiger partial charge is 0.326 e. The van der Waals surface area contributed by atoms with Gasteiger partial charge in [0.25, 0.3) is 0 Å². The molecule has 0 bridgehead atoms. The lowest BCUT2D eigenvalue weighted by atomic mass is 9.97. The summed E-state index contributed by atoms with van der Waals surface area (Å²) in [5, 5.41) is 3.03. The van der Waals surface area contributed by atoms with Crippen LogP contribution in [0.4, 0.5) is 5.69 Å². The molecule has 0 unspecified atom stereocenters. The van der Waals surface area contributed by atoms with Crippen molar-refractivity contribution in [1.82, 2.24) is 0 Å². The summed E-state index contributed by atoms with van der Waals surface area (Å²) in [4.78, 5) is 12.3. The van der Waals surface area contributed by atoms with Crippen LogP contribution in [0.1, 0.15) is 33.4 Å². The summed E-state index contributed by atoms with van der Waals surface area (Å²) in [6.07, 6.45) is 0.422. The van der Waals surface area contributed by atoms with E-state index in [1.165, 1.54) is 22.3 Å². The van der Waals surface area contributed by atoms with E-state index in [-0.39, 0.29) is 5.91 Å². The van der Waals surface area contributed by atoms with E-state index in [0.717, 1.165) is 16.8 Å². The third-order valence-electron chi connectivity index (χ3n) is 4.06. The molecule has 2 aromatic rings. The minimum atomic E-state index is 0.0405. The molecule has 0 saturated carbocycles. The Bertz CT molecular complexity index is 663. The Labute approximate surface area is 127 Å². The number of carbonyl (C=O) groups is 1. The molecule has 110 valence electrons. The van der Waals surface area contributed by atoms with Crippen molar-refractivity contribution in [2.45, 2.75) is 41.0 Å². The predicted octanol–water partition coefficient (Wildman–Crippen LogP) is 4.41. The zero-order chi connectivity index (χ0) is 15.6. The van der Waals surface area contributed by atoms with Crippen LogP contribution < -0.4 is 5.32 Å². The SMILES string of the molecule is Cc1cc(C)c(CC(=O)Nc2cccc(C)c2C)c(C)c1. The van der Waals surface area contributed by atoms with Gasteiger partial charge in [0.2, 0.25) is 5.91 Å². The Morgan fingerprint density at radius 1 is 0.952 bits per heavy atom. The van der Waals surface area contributed by atoms with E-state index < -0.39 is 0 Å². The molecule has 2 heteroatoms. The van der Waals surface area contributed by atoms with Crippen LogP contribution in [0, 0.1) is 34.6 Å². The topological polar surface area (TPSA) is 29.1 Å². The highest BCUT2D eigenvalue weighted by atomic mass is 16.1. The maximum atomic E-state index is 12.3. The van der Waals surface area contributed by atoms with Crippen molar-refractivity contribution in [2.24, 2.45) is 0 Å². The minimum absolute atomic E-state index is 0.0405. The molecule has 0 fully saturated rings. The van der Waals surface area contributed by atoms with Crippen molar-refractivity contribution < 1.29 is 4.79 Å². The summed E-state index contributed by atoms with van der Waals surface area (Å²) in [5.41, 5.74) is 7.96. The molecule has 0 spiro atoms. The number of rotatable bonds is 3. The predicted molar refractivity (Wildman–Crippen MR) is 88.9 cm³/mol. The maximum Gasteiger partial charge on any atom is 0.228 e. The van der Waals surface area contributed by atoms with Gasteiger partial charge in [-0.05, 0) is 68.5 Å². The smallest absolute Gasteiger partial charge is 0.228 e. The molecule has 1 N–H and O–H groups in total. The summed E-state index contributed by atoms with van der Waals surface area (Å²) >= 11 is 0. The van der Waals surface area contributed by atoms with E-state index in [9.17, 15) is 4.79 Å². The monoisotopic (exact) mass is 281 g/mol. The highest BCUT2D eigenvalue weighted by Crippen LogP contribution is 2.20. The molecular formula is C19H23NO. The van der Waals surface area contributed by atoms with Crippen molar-refractivity contribution in [3.05, 3.63) is 63.7 Å². The molecule has 0 saturated heterocycles. The number of aryl methyl sites for hydroxylation is 4. The van der Waals surface area contributed by atoms with Crippen LogP contribution in [0.25, 0.3) is 0 Å². The van der Waals surface area contributed by atoms with Gasteiger partial charge in [-0.25, -0.2) is 0 Å². The summed E-state index contributed by atoms with van der Waals surface area (Å²) in [6, 6.07) is 10.2. The zero-order valence-electron chi connectivity index (χ0n) is 13.5. The lowest BCUT2D eigenvalue weighted by Crippen LogP contribution is -2.16. The normalized spacial score (nSPS) is 10.5. The number of amides is 1. The fraction of sp³-hybridized carbons (Fsp3) is 0.316. The lowest BCUT2D eigenvalue weighted by molar-refractivity contribution is -0.115. The minimum Gasteiger partial charge on any atom is -0.326 e. The third kappa shape index (κ3) is 3.52. The second kappa shape index (κ2) is 6.13. The average molecular weight is 281 g/mol. The average Bonchev–Trinajstić information content (AvgIpc) is 2.39. The van der Waals surface area contributed by atoms with Gasteiger partial charge in [0, 0.05) is 5.69 Å². The number of hydrogen-bond donors (Lipinski definition) is 1. The van der Waals surface area contributed by atoms with Gasteiger partial charge >= 0.3 is 0 Å². The highest BCUT2D eigenvalue weighted by molar-refractivity contribution is 5.93. The summed E-state index contributed by atoms with van der Waals surface area (Å²) in [5.74, 6) is 0.0405. The van der Waals surface area contributed by atoms with Crippen molar-refractivity contribution in [2.75, 3.05) is 5.32 Å². The quantitative estimate of drug-likeness (QED) is 0.887. The van der Waals surface area contributed by atoms with Gasteiger partial charge in [-0.3, -0.25) is 4.79 Å². The van der Waals surface area contributed by atoms with Crippen molar-refractivity contribution >= 4 is 11.6 Å². The van der Waals surface area contributed by atoms with Gasteiger partial charge in [-0.15, -0.1) is 0 Å². The maximum absolute atomic E-state index is 12.3. The number of benzene rings is 2. The standard InChI is InChI=1S/C19H23NO/c1-12-9-14(3)17(15(4)10-12)11-19(21)20-18-8-6-7-13(2)16(18)5/h6-10H,11H2,1-5H3,(H,20,21). The number of hydrogen-bond acceptors (Lipinski definition) is 1. The Morgan fingerprint density at radius 2 is 1.57 bits per heavy atom. The van der Waals surface area contributed by atoms with Crippen LogP contribution in [0.5, 0.6) is 0 Å². The summed E-state index contributed by atoms with van der Waals surface area (Å²) < 4.78 is 0. The lowest BCUT2D eigenvalue weighted by Gasteiger charge is -2.13. The fourth-order valence-corrected chi connectivity index (χ4v) is 2.73. The Balaban J connectivity index is 2.18. The van der Waals surface area contributed by atoms with E-state index in [1.807, 2.05) is 19.1 Å². The molecular weight excluding hydrogens is 258 g/mol.